The van der Waals surface area contributed by atoms with Crippen molar-refractivity contribution in [2.75, 3.05) is 27.7 Å². The lowest BCUT2D eigenvalue weighted by molar-refractivity contribution is -0.274. The first-order valence-corrected chi connectivity index (χ1v) is 8.57. The average molecular weight is 355 g/mol. The minimum Gasteiger partial charge on any atom is -0.497 e. The fraction of sp³-hybridized carbons (Fsp3) is 0.579. The quantitative estimate of drug-likeness (QED) is 0.771. The van der Waals surface area contributed by atoms with Crippen LogP contribution in [0.25, 0.3) is 5.57 Å². The van der Waals surface area contributed by atoms with E-state index in [4.69, 9.17) is 4.74 Å². The minimum absolute atomic E-state index is 0.149. The Morgan fingerprint density at radius 3 is 2.60 bits per heavy atom. The van der Waals surface area contributed by atoms with Crippen LogP contribution in [-0.4, -0.2) is 39.0 Å². The van der Waals surface area contributed by atoms with Gasteiger partial charge < -0.3 is 14.4 Å². The molecule has 1 saturated carbocycles. The van der Waals surface area contributed by atoms with Gasteiger partial charge in [-0.1, -0.05) is 6.08 Å². The van der Waals surface area contributed by atoms with Crippen molar-refractivity contribution in [3.05, 3.63) is 29.8 Å². The second-order valence-electron chi connectivity index (χ2n) is 7.23. The summed E-state index contributed by atoms with van der Waals surface area (Å²) in [4.78, 5) is 2.10. The van der Waals surface area contributed by atoms with Gasteiger partial charge in [0.25, 0.3) is 0 Å². The standard InChI is InChI=1S/C19H24F3NO2/c1-23(2)11-17-13-5-4-12(8-13)9-15(17)16-10-14(24-3)6-7-18(16)25-19(20,21)22/h6-7,9-10,12-13,17H,4-5,8,11H2,1-3H3/t12?,13?,17-/m0/s1. The van der Waals surface area contributed by atoms with Crippen LogP contribution in [-0.2, 0) is 0 Å². The third kappa shape index (κ3) is 4.11. The number of allylic oxidation sites excluding steroid dienone is 1. The molecule has 3 atom stereocenters. The van der Waals surface area contributed by atoms with E-state index in [-0.39, 0.29) is 11.7 Å². The summed E-state index contributed by atoms with van der Waals surface area (Å²) in [6.07, 6.45) is 0.811. The number of alkyl halides is 3. The summed E-state index contributed by atoms with van der Waals surface area (Å²) in [7, 11) is 5.51. The fourth-order valence-electron chi connectivity index (χ4n) is 4.21. The van der Waals surface area contributed by atoms with Crippen molar-refractivity contribution in [2.45, 2.75) is 25.6 Å². The molecule has 1 fully saturated rings. The van der Waals surface area contributed by atoms with Crippen molar-refractivity contribution in [1.82, 2.24) is 4.90 Å². The maximum Gasteiger partial charge on any atom is 0.573 e. The predicted molar refractivity (Wildman–Crippen MR) is 90.5 cm³/mol. The molecule has 0 heterocycles. The van der Waals surface area contributed by atoms with Crippen LogP contribution in [0, 0.1) is 17.8 Å². The number of methoxy groups -OCH3 is 1. The van der Waals surface area contributed by atoms with Gasteiger partial charge in [-0.05, 0) is 74.9 Å². The summed E-state index contributed by atoms with van der Waals surface area (Å²) < 4.78 is 48.2. The van der Waals surface area contributed by atoms with Crippen molar-refractivity contribution in [2.24, 2.45) is 17.8 Å². The zero-order valence-corrected chi connectivity index (χ0v) is 14.8. The molecule has 1 aromatic carbocycles. The number of rotatable bonds is 5. The summed E-state index contributed by atoms with van der Waals surface area (Å²) in [5.41, 5.74) is 1.46. The second-order valence-corrected chi connectivity index (χ2v) is 7.23. The maximum absolute atomic E-state index is 12.9. The molecule has 3 nitrogen and oxygen atoms in total. The molecule has 0 saturated heterocycles. The number of ether oxygens (including phenoxy) is 2. The highest BCUT2D eigenvalue weighted by molar-refractivity contribution is 5.75. The summed E-state index contributed by atoms with van der Waals surface area (Å²) in [5.74, 6) is 1.55. The Bertz CT molecular complexity index is 655. The van der Waals surface area contributed by atoms with E-state index in [1.807, 2.05) is 14.1 Å². The molecule has 25 heavy (non-hydrogen) atoms. The molecule has 0 aliphatic heterocycles. The first kappa shape index (κ1) is 18.1. The first-order chi connectivity index (χ1) is 11.8. The van der Waals surface area contributed by atoms with E-state index < -0.39 is 6.36 Å². The molecule has 3 rings (SSSR count). The lowest BCUT2D eigenvalue weighted by atomic mass is 9.76. The van der Waals surface area contributed by atoms with Crippen LogP contribution in [0.1, 0.15) is 24.8 Å². The van der Waals surface area contributed by atoms with Gasteiger partial charge >= 0.3 is 6.36 Å². The number of fused-ring (bicyclic) bond motifs is 2. The smallest absolute Gasteiger partial charge is 0.497 e. The van der Waals surface area contributed by atoms with E-state index in [9.17, 15) is 13.2 Å². The fourth-order valence-corrected chi connectivity index (χ4v) is 4.21. The van der Waals surface area contributed by atoms with Crippen LogP contribution in [0.15, 0.2) is 24.3 Å². The molecule has 1 aromatic rings. The minimum atomic E-state index is -4.71. The van der Waals surface area contributed by atoms with Gasteiger partial charge in [-0.25, -0.2) is 0 Å². The third-order valence-electron chi connectivity index (χ3n) is 5.18. The number of hydrogen-bond acceptors (Lipinski definition) is 3. The number of nitrogens with zero attached hydrogens (tertiary/aromatic N) is 1. The summed E-state index contributed by atoms with van der Waals surface area (Å²) >= 11 is 0. The highest BCUT2D eigenvalue weighted by Gasteiger charge is 2.39. The Labute approximate surface area is 146 Å². The van der Waals surface area contributed by atoms with Gasteiger partial charge in [0.05, 0.1) is 7.11 Å². The van der Waals surface area contributed by atoms with Gasteiger partial charge in [-0.2, -0.15) is 0 Å². The normalized spacial score (nSPS) is 25.9. The van der Waals surface area contributed by atoms with Crippen LogP contribution in [0.2, 0.25) is 0 Å². The Balaban J connectivity index is 2.05. The van der Waals surface area contributed by atoms with Crippen LogP contribution >= 0.6 is 0 Å². The topological polar surface area (TPSA) is 21.7 Å². The van der Waals surface area contributed by atoms with Crippen molar-refractivity contribution in [1.29, 1.82) is 0 Å². The molecule has 0 N–H and O–H groups in total. The van der Waals surface area contributed by atoms with Crippen LogP contribution in [0.4, 0.5) is 13.2 Å². The molecule has 0 radical (unpaired) electrons. The van der Waals surface area contributed by atoms with Crippen LogP contribution in [0.5, 0.6) is 11.5 Å². The molecule has 0 spiro atoms. The molecular weight excluding hydrogens is 331 g/mol. The lowest BCUT2D eigenvalue weighted by Gasteiger charge is -2.33. The Morgan fingerprint density at radius 1 is 1.20 bits per heavy atom. The molecular formula is C19H24F3NO2. The van der Waals surface area contributed by atoms with Crippen LogP contribution in [0.3, 0.4) is 0 Å². The number of halogens is 3. The molecule has 2 aliphatic carbocycles. The third-order valence-corrected chi connectivity index (χ3v) is 5.18. The van der Waals surface area contributed by atoms with Crippen molar-refractivity contribution >= 4 is 5.57 Å². The summed E-state index contributed by atoms with van der Waals surface area (Å²) in [6.45, 7) is 0.811. The number of hydrogen-bond donors (Lipinski definition) is 0. The largest absolute Gasteiger partial charge is 0.573 e. The number of benzene rings is 1. The maximum atomic E-state index is 12.9. The highest BCUT2D eigenvalue weighted by atomic mass is 19.4. The molecule has 0 amide bonds. The van der Waals surface area contributed by atoms with Crippen LogP contribution < -0.4 is 9.47 Å². The van der Waals surface area contributed by atoms with Gasteiger partial charge in [0.2, 0.25) is 0 Å². The van der Waals surface area contributed by atoms with E-state index in [0.29, 0.717) is 23.1 Å². The van der Waals surface area contributed by atoms with E-state index in [0.717, 1.165) is 31.4 Å². The second kappa shape index (κ2) is 6.90. The molecule has 0 aromatic heterocycles. The van der Waals surface area contributed by atoms with Gasteiger partial charge in [0.15, 0.2) is 0 Å². The van der Waals surface area contributed by atoms with Gasteiger partial charge in [-0.15, -0.1) is 13.2 Å². The molecule has 2 unspecified atom stereocenters. The SMILES string of the molecule is COc1ccc(OC(F)(F)F)c(C2=CC3CCC(C3)[C@@H]2CN(C)C)c1. The Morgan fingerprint density at radius 2 is 1.96 bits per heavy atom. The van der Waals surface area contributed by atoms with Gasteiger partial charge in [-0.3, -0.25) is 0 Å². The zero-order chi connectivity index (χ0) is 18.2. The van der Waals surface area contributed by atoms with Crippen molar-refractivity contribution < 1.29 is 22.6 Å². The molecule has 2 bridgehead atoms. The first-order valence-electron chi connectivity index (χ1n) is 8.57. The summed E-state index contributed by atoms with van der Waals surface area (Å²) in [6, 6.07) is 4.52. The molecule has 6 heteroatoms. The van der Waals surface area contributed by atoms with Crippen molar-refractivity contribution in [3.8, 4) is 11.5 Å². The van der Waals surface area contributed by atoms with E-state index in [1.54, 1.807) is 6.07 Å². The molecule has 138 valence electrons. The lowest BCUT2D eigenvalue weighted by Crippen LogP contribution is -2.30. The summed E-state index contributed by atoms with van der Waals surface area (Å²) in [5, 5.41) is 0. The monoisotopic (exact) mass is 355 g/mol. The zero-order valence-electron chi connectivity index (χ0n) is 14.8. The molecule has 2 aliphatic rings. The Hall–Kier alpha value is -1.69. The van der Waals surface area contributed by atoms with Gasteiger partial charge in [0.1, 0.15) is 11.5 Å². The van der Waals surface area contributed by atoms with E-state index >= 15 is 0 Å². The van der Waals surface area contributed by atoms with Gasteiger partial charge in [0, 0.05) is 12.1 Å². The highest BCUT2D eigenvalue weighted by Crippen LogP contribution is 2.50. The average Bonchev–Trinajstić information content (AvgIpc) is 2.92. The van der Waals surface area contributed by atoms with E-state index in [1.165, 1.54) is 19.2 Å². The predicted octanol–water partition coefficient (Wildman–Crippen LogP) is 4.58. The van der Waals surface area contributed by atoms with E-state index in [2.05, 4.69) is 15.7 Å². The Kier molecular flexibility index (Phi) is 5.00. The van der Waals surface area contributed by atoms with Crippen molar-refractivity contribution in [3.63, 3.8) is 0 Å².